The van der Waals surface area contributed by atoms with Crippen LogP contribution < -0.4 is 0 Å². The van der Waals surface area contributed by atoms with Crippen molar-refractivity contribution in [3.8, 4) is 0 Å². The lowest BCUT2D eigenvalue weighted by Gasteiger charge is -2.10. The predicted molar refractivity (Wildman–Crippen MR) is 54.9 cm³/mol. The van der Waals surface area contributed by atoms with E-state index in [0.29, 0.717) is 4.83 Å². The number of hydrogen-bond acceptors (Lipinski definition) is 0. The van der Waals surface area contributed by atoms with Crippen molar-refractivity contribution in [2.24, 2.45) is 5.92 Å². The van der Waals surface area contributed by atoms with Gasteiger partial charge in [0.25, 0.3) is 0 Å². The topological polar surface area (TPSA) is 0 Å². The quantitative estimate of drug-likeness (QED) is 0.677. The number of rotatable bonds is 3. The van der Waals surface area contributed by atoms with Gasteiger partial charge in [-0.2, -0.15) is 0 Å². The van der Waals surface area contributed by atoms with Crippen molar-refractivity contribution < 1.29 is 0 Å². The average Bonchev–Trinajstić information content (AvgIpc) is 1.85. The predicted octanol–water partition coefficient (Wildman–Crippen LogP) is 4.09. The molecule has 0 fully saturated rings. The number of alkyl halides is 1. The van der Waals surface area contributed by atoms with Gasteiger partial charge in [-0.1, -0.05) is 51.8 Å². The maximum atomic E-state index is 3.59. The van der Waals surface area contributed by atoms with E-state index in [0.717, 1.165) is 5.92 Å². The van der Waals surface area contributed by atoms with Crippen molar-refractivity contribution in [2.45, 2.75) is 32.0 Å². The van der Waals surface area contributed by atoms with Crippen molar-refractivity contribution in [3.05, 3.63) is 10.6 Å². The van der Waals surface area contributed by atoms with E-state index in [1.807, 2.05) is 6.92 Å². The molecule has 0 nitrogen and oxygen atoms in total. The molecule has 0 N–H and O–H groups in total. The zero-order valence-electron chi connectivity index (χ0n) is 6.70. The van der Waals surface area contributed by atoms with Crippen LogP contribution in [0.3, 0.4) is 0 Å². The van der Waals surface area contributed by atoms with Gasteiger partial charge in [0.1, 0.15) is 0 Å². The van der Waals surface area contributed by atoms with Crippen LogP contribution in [0.1, 0.15) is 27.2 Å². The summed E-state index contributed by atoms with van der Waals surface area (Å²) in [6.07, 6.45) is 3.27. The second-order valence-electron chi connectivity index (χ2n) is 2.77. The van der Waals surface area contributed by atoms with Gasteiger partial charge in [0.2, 0.25) is 0 Å². The standard InChI is InChI=1S/C8H14Br2/c1-4-7(9)8(10)5-6(2)3/h4,6,8H,5H2,1-3H3/b7-4-. The van der Waals surface area contributed by atoms with E-state index in [-0.39, 0.29) is 0 Å². The van der Waals surface area contributed by atoms with Gasteiger partial charge in [0, 0.05) is 9.31 Å². The Morgan fingerprint density at radius 3 is 2.30 bits per heavy atom. The lowest BCUT2D eigenvalue weighted by atomic mass is 10.1. The molecule has 0 aromatic heterocycles. The normalized spacial score (nSPS) is 16.0. The van der Waals surface area contributed by atoms with Crippen molar-refractivity contribution in [1.29, 1.82) is 0 Å². The summed E-state index contributed by atoms with van der Waals surface area (Å²) in [5, 5.41) is 0. The van der Waals surface area contributed by atoms with E-state index in [2.05, 4.69) is 51.8 Å². The molecule has 0 aromatic carbocycles. The molecule has 0 aliphatic rings. The molecule has 0 radical (unpaired) electrons. The van der Waals surface area contributed by atoms with Crippen LogP contribution in [0.15, 0.2) is 10.6 Å². The Morgan fingerprint density at radius 2 is 2.00 bits per heavy atom. The molecule has 0 saturated carbocycles. The van der Waals surface area contributed by atoms with E-state index in [4.69, 9.17) is 0 Å². The van der Waals surface area contributed by atoms with Crippen LogP contribution in [0, 0.1) is 5.92 Å². The van der Waals surface area contributed by atoms with Crippen molar-refractivity contribution in [3.63, 3.8) is 0 Å². The smallest absolute Gasteiger partial charge is 0.0460 e. The summed E-state index contributed by atoms with van der Waals surface area (Å²) < 4.78 is 1.25. The number of hydrogen-bond donors (Lipinski definition) is 0. The Kier molecular flexibility index (Phi) is 5.74. The van der Waals surface area contributed by atoms with Crippen LogP contribution in [0.4, 0.5) is 0 Å². The average molecular weight is 270 g/mol. The fourth-order valence-electron chi connectivity index (χ4n) is 0.707. The second kappa shape index (κ2) is 5.36. The molecular formula is C8H14Br2. The zero-order chi connectivity index (χ0) is 8.15. The molecule has 0 heterocycles. The maximum Gasteiger partial charge on any atom is 0.0460 e. The molecule has 0 aliphatic carbocycles. The van der Waals surface area contributed by atoms with Gasteiger partial charge in [-0.05, 0) is 19.3 Å². The molecule has 2 heteroatoms. The van der Waals surface area contributed by atoms with Gasteiger partial charge < -0.3 is 0 Å². The molecule has 0 saturated heterocycles. The summed E-state index contributed by atoms with van der Waals surface area (Å²) in [6, 6.07) is 0. The molecule has 0 amide bonds. The fraction of sp³-hybridized carbons (Fsp3) is 0.750. The van der Waals surface area contributed by atoms with E-state index in [9.17, 15) is 0 Å². The summed E-state index contributed by atoms with van der Waals surface area (Å²) in [7, 11) is 0. The van der Waals surface area contributed by atoms with Crippen molar-refractivity contribution in [1.82, 2.24) is 0 Å². The molecule has 1 atom stereocenters. The molecule has 60 valence electrons. The summed E-state index contributed by atoms with van der Waals surface area (Å²) in [6.45, 7) is 6.49. The maximum absolute atomic E-state index is 3.59. The fourth-order valence-corrected chi connectivity index (χ4v) is 1.91. The first-order chi connectivity index (χ1) is 4.57. The lowest BCUT2D eigenvalue weighted by Crippen LogP contribution is -2.01. The van der Waals surface area contributed by atoms with E-state index >= 15 is 0 Å². The minimum atomic E-state index is 0.498. The molecule has 1 unspecified atom stereocenters. The Labute approximate surface area is 80.3 Å². The molecular weight excluding hydrogens is 256 g/mol. The second-order valence-corrected chi connectivity index (χ2v) is 4.79. The highest BCUT2D eigenvalue weighted by molar-refractivity contribution is 9.14. The van der Waals surface area contributed by atoms with Crippen LogP contribution in [-0.4, -0.2) is 4.83 Å². The van der Waals surface area contributed by atoms with Gasteiger partial charge in [0.15, 0.2) is 0 Å². The summed E-state index contributed by atoms with van der Waals surface area (Å²) >= 11 is 7.07. The molecule has 0 spiro atoms. The van der Waals surface area contributed by atoms with Gasteiger partial charge in [-0.25, -0.2) is 0 Å². The highest BCUT2D eigenvalue weighted by Gasteiger charge is 2.08. The van der Waals surface area contributed by atoms with E-state index in [1.165, 1.54) is 10.9 Å². The molecule has 0 aromatic rings. The van der Waals surface area contributed by atoms with E-state index in [1.54, 1.807) is 0 Å². The summed E-state index contributed by atoms with van der Waals surface area (Å²) in [5.41, 5.74) is 0. The van der Waals surface area contributed by atoms with Gasteiger partial charge in [-0.15, -0.1) is 0 Å². The number of halogens is 2. The monoisotopic (exact) mass is 268 g/mol. The van der Waals surface area contributed by atoms with Crippen LogP contribution in [0.5, 0.6) is 0 Å². The third-order valence-electron chi connectivity index (χ3n) is 1.25. The largest absolute Gasteiger partial charge is 0.0833 e. The number of allylic oxidation sites excluding steroid dienone is 2. The first-order valence-electron chi connectivity index (χ1n) is 3.53. The van der Waals surface area contributed by atoms with Gasteiger partial charge >= 0.3 is 0 Å². The van der Waals surface area contributed by atoms with Gasteiger partial charge in [0.05, 0.1) is 0 Å². The van der Waals surface area contributed by atoms with E-state index < -0.39 is 0 Å². The molecule has 0 rings (SSSR count). The third kappa shape index (κ3) is 4.51. The molecule has 10 heavy (non-hydrogen) atoms. The van der Waals surface area contributed by atoms with Crippen molar-refractivity contribution in [2.75, 3.05) is 0 Å². The van der Waals surface area contributed by atoms with Crippen LogP contribution in [-0.2, 0) is 0 Å². The highest BCUT2D eigenvalue weighted by atomic mass is 79.9. The SMILES string of the molecule is C/C=C(\Br)C(Br)CC(C)C. The Balaban J connectivity index is 3.73. The van der Waals surface area contributed by atoms with Gasteiger partial charge in [-0.3, -0.25) is 0 Å². The molecule has 0 aliphatic heterocycles. The van der Waals surface area contributed by atoms with Crippen molar-refractivity contribution >= 4 is 31.9 Å². The zero-order valence-corrected chi connectivity index (χ0v) is 9.87. The minimum Gasteiger partial charge on any atom is -0.0833 e. The molecule has 0 bridgehead atoms. The first-order valence-corrected chi connectivity index (χ1v) is 5.24. The Morgan fingerprint density at radius 1 is 1.50 bits per heavy atom. The summed E-state index contributed by atoms with van der Waals surface area (Å²) in [4.78, 5) is 0.498. The van der Waals surface area contributed by atoms with Crippen LogP contribution >= 0.6 is 31.9 Å². The highest BCUT2D eigenvalue weighted by Crippen LogP contribution is 2.24. The van der Waals surface area contributed by atoms with Crippen LogP contribution in [0.25, 0.3) is 0 Å². The third-order valence-corrected chi connectivity index (χ3v) is 3.75. The Hall–Kier alpha value is 0.700. The lowest BCUT2D eigenvalue weighted by molar-refractivity contribution is 0.603. The minimum absolute atomic E-state index is 0.498. The Bertz CT molecular complexity index is 116. The summed E-state index contributed by atoms with van der Waals surface area (Å²) in [5.74, 6) is 0.747. The van der Waals surface area contributed by atoms with Crippen LogP contribution in [0.2, 0.25) is 0 Å². The first kappa shape index (κ1) is 10.7.